The van der Waals surface area contributed by atoms with Crippen molar-refractivity contribution < 1.29 is 4.74 Å². The van der Waals surface area contributed by atoms with E-state index in [1.54, 1.807) is 0 Å². The predicted octanol–water partition coefficient (Wildman–Crippen LogP) is 3.80. The third-order valence-corrected chi connectivity index (χ3v) is 4.33. The number of nitrogens with one attached hydrogen (secondary N) is 1. The highest BCUT2D eigenvalue weighted by Gasteiger charge is 2.18. The third-order valence-electron chi connectivity index (χ3n) is 4.11. The van der Waals surface area contributed by atoms with Crippen LogP contribution in [0.5, 0.6) is 5.75 Å². The Kier molecular flexibility index (Phi) is 4.22. The van der Waals surface area contributed by atoms with Gasteiger partial charge in [0.1, 0.15) is 5.75 Å². The van der Waals surface area contributed by atoms with Gasteiger partial charge in [-0.15, -0.1) is 0 Å². The molecule has 1 unspecified atom stereocenters. The molecule has 0 radical (unpaired) electrons. The average Bonchev–Trinajstić information content (AvgIpc) is 3.09. The van der Waals surface area contributed by atoms with Crippen molar-refractivity contribution >= 4 is 11.6 Å². The number of nitrogens with zero attached hydrogens (tertiary/aromatic N) is 1. The minimum atomic E-state index is 0.410. The number of ether oxygens (including phenoxy) is 1. The van der Waals surface area contributed by atoms with Crippen molar-refractivity contribution in [3.05, 3.63) is 52.3 Å². The van der Waals surface area contributed by atoms with E-state index in [2.05, 4.69) is 35.3 Å². The number of halogens is 1. The molecule has 0 saturated heterocycles. The molecule has 21 heavy (non-hydrogen) atoms. The lowest BCUT2D eigenvalue weighted by Crippen LogP contribution is -2.14. The van der Waals surface area contributed by atoms with Gasteiger partial charge in [-0.3, -0.25) is 0 Å². The van der Waals surface area contributed by atoms with Crippen molar-refractivity contribution in [1.82, 2.24) is 9.88 Å². The van der Waals surface area contributed by atoms with Crippen LogP contribution in [0.4, 0.5) is 0 Å². The molecule has 4 heteroatoms. The summed E-state index contributed by atoms with van der Waals surface area (Å²) >= 11 is 6.22. The number of hydrogen-bond donors (Lipinski definition) is 1. The monoisotopic (exact) mass is 304 g/mol. The second kappa shape index (κ2) is 6.12. The first-order valence-electron chi connectivity index (χ1n) is 7.48. The fourth-order valence-corrected chi connectivity index (χ4v) is 3.29. The molecule has 0 aliphatic carbocycles. The molecule has 1 N–H and O–H groups in total. The predicted molar refractivity (Wildman–Crippen MR) is 86.3 cm³/mol. The summed E-state index contributed by atoms with van der Waals surface area (Å²) < 4.78 is 7.97. The molecule has 1 aromatic carbocycles. The average molecular weight is 305 g/mol. The van der Waals surface area contributed by atoms with Crippen molar-refractivity contribution in [2.75, 3.05) is 13.7 Å². The lowest BCUT2D eigenvalue weighted by molar-refractivity contribution is 0.352. The highest BCUT2D eigenvalue weighted by atomic mass is 35.5. The maximum absolute atomic E-state index is 6.22. The minimum Gasteiger partial charge on any atom is -0.493 e. The van der Waals surface area contributed by atoms with Crippen molar-refractivity contribution in [3.8, 4) is 5.75 Å². The molecule has 0 amide bonds. The molecule has 0 spiro atoms. The summed E-state index contributed by atoms with van der Waals surface area (Å²) in [6, 6.07) is 6.62. The molecule has 1 aliphatic rings. The van der Waals surface area contributed by atoms with Gasteiger partial charge in [-0.25, -0.2) is 0 Å². The zero-order valence-electron chi connectivity index (χ0n) is 12.5. The van der Waals surface area contributed by atoms with Crippen molar-refractivity contribution in [3.63, 3.8) is 0 Å². The van der Waals surface area contributed by atoms with Crippen LogP contribution in [0.25, 0.3) is 0 Å². The molecule has 112 valence electrons. The smallest absolute Gasteiger partial charge is 0.127 e. The van der Waals surface area contributed by atoms with Crippen LogP contribution < -0.4 is 10.1 Å². The Morgan fingerprint density at radius 1 is 1.43 bits per heavy atom. The van der Waals surface area contributed by atoms with E-state index in [9.17, 15) is 0 Å². The molecule has 0 saturated carbocycles. The Morgan fingerprint density at radius 2 is 2.29 bits per heavy atom. The van der Waals surface area contributed by atoms with Crippen LogP contribution in [0.1, 0.15) is 36.1 Å². The van der Waals surface area contributed by atoms with Gasteiger partial charge in [-0.1, -0.05) is 18.5 Å². The van der Waals surface area contributed by atoms with Crippen LogP contribution in [0.3, 0.4) is 0 Å². The first-order chi connectivity index (χ1) is 10.2. The Bertz CT molecular complexity index is 632. The Morgan fingerprint density at radius 3 is 3.05 bits per heavy atom. The number of benzene rings is 1. The lowest BCUT2D eigenvalue weighted by atomic mass is 10.1. The van der Waals surface area contributed by atoms with Crippen molar-refractivity contribution in [1.29, 1.82) is 0 Å². The summed E-state index contributed by atoms with van der Waals surface area (Å²) in [6.07, 6.45) is 6.36. The number of hydrogen-bond acceptors (Lipinski definition) is 2. The van der Waals surface area contributed by atoms with Gasteiger partial charge in [-0.05, 0) is 42.8 Å². The molecule has 1 aromatic heterocycles. The summed E-state index contributed by atoms with van der Waals surface area (Å²) in [5.74, 6) is 1.02. The maximum Gasteiger partial charge on any atom is 0.127 e. The maximum atomic E-state index is 6.22. The topological polar surface area (TPSA) is 26.2 Å². The van der Waals surface area contributed by atoms with Crippen LogP contribution in [-0.4, -0.2) is 18.2 Å². The second-order valence-corrected chi connectivity index (χ2v) is 5.95. The SMILES string of the molecule is CCC(NC)c1ccn(Cc2cc(Cl)cc3c2OCC3)c1. The van der Waals surface area contributed by atoms with Crippen molar-refractivity contribution in [2.24, 2.45) is 0 Å². The summed E-state index contributed by atoms with van der Waals surface area (Å²) in [4.78, 5) is 0. The molecule has 1 atom stereocenters. The zero-order chi connectivity index (χ0) is 14.8. The third kappa shape index (κ3) is 2.94. The van der Waals surface area contributed by atoms with Gasteiger partial charge in [-0.2, -0.15) is 0 Å². The molecule has 0 fully saturated rings. The summed E-state index contributed by atoms with van der Waals surface area (Å²) in [6.45, 7) is 3.75. The summed E-state index contributed by atoms with van der Waals surface area (Å²) in [7, 11) is 2.00. The van der Waals surface area contributed by atoms with E-state index in [4.69, 9.17) is 16.3 Å². The molecular weight excluding hydrogens is 284 g/mol. The van der Waals surface area contributed by atoms with Gasteiger partial charge >= 0.3 is 0 Å². The molecule has 2 heterocycles. The Labute approximate surface area is 130 Å². The summed E-state index contributed by atoms with van der Waals surface area (Å²) in [5.41, 5.74) is 3.71. The first-order valence-corrected chi connectivity index (χ1v) is 7.86. The highest BCUT2D eigenvalue weighted by molar-refractivity contribution is 6.30. The largest absolute Gasteiger partial charge is 0.493 e. The molecular formula is C17H21ClN2O. The van der Waals surface area contributed by atoms with E-state index in [-0.39, 0.29) is 0 Å². The fraction of sp³-hybridized carbons (Fsp3) is 0.412. The second-order valence-electron chi connectivity index (χ2n) is 5.52. The van der Waals surface area contributed by atoms with E-state index in [0.29, 0.717) is 6.04 Å². The summed E-state index contributed by atoms with van der Waals surface area (Å²) in [5, 5.41) is 4.13. The van der Waals surface area contributed by atoms with Crippen LogP contribution >= 0.6 is 11.6 Å². The van der Waals surface area contributed by atoms with Gasteiger partial charge in [0.2, 0.25) is 0 Å². The van der Waals surface area contributed by atoms with Gasteiger partial charge in [0, 0.05) is 35.4 Å². The van der Waals surface area contributed by atoms with Gasteiger partial charge in [0.15, 0.2) is 0 Å². The number of fused-ring (bicyclic) bond motifs is 1. The fourth-order valence-electron chi connectivity index (χ4n) is 3.03. The normalized spacial score (nSPS) is 14.8. The number of rotatable bonds is 5. The molecule has 1 aliphatic heterocycles. The van der Waals surface area contributed by atoms with E-state index in [1.165, 1.54) is 11.1 Å². The standard InChI is InChI=1S/C17H21ClN2O/c1-3-16(19-2)13-4-6-20(10-13)11-14-9-15(18)8-12-5-7-21-17(12)14/h4,6,8-10,16,19H,3,5,7,11H2,1-2H3. The zero-order valence-corrected chi connectivity index (χ0v) is 13.3. The highest BCUT2D eigenvalue weighted by Crippen LogP contribution is 2.33. The molecule has 3 rings (SSSR count). The van der Waals surface area contributed by atoms with E-state index >= 15 is 0 Å². The quantitative estimate of drug-likeness (QED) is 0.909. The van der Waals surface area contributed by atoms with E-state index in [1.807, 2.05) is 19.2 Å². The van der Waals surface area contributed by atoms with Gasteiger partial charge in [0.25, 0.3) is 0 Å². The van der Waals surface area contributed by atoms with Crippen molar-refractivity contribution in [2.45, 2.75) is 32.4 Å². The Balaban J connectivity index is 1.85. The molecule has 3 nitrogen and oxygen atoms in total. The lowest BCUT2D eigenvalue weighted by Gasteiger charge is -2.12. The Hall–Kier alpha value is -1.45. The molecule has 0 bridgehead atoms. The molecule has 2 aromatic rings. The first kappa shape index (κ1) is 14.5. The minimum absolute atomic E-state index is 0.410. The van der Waals surface area contributed by atoms with E-state index in [0.717, 1.165) is 42.3 Å². The number of aromatic nitrogens is 1. The van der Waals surface area contributed by atoms with Crippen LogP contribution in [0.2, 0.25) is 5.02 Å². The van der Waals surface area contributed by atoms with Crippen LogP contribution in [0, 0.1) is 0 Å². The van der Waals surface area contributed by atoms with E-state index < -0.39 is 0 Å². The van der Waals surface area contributed by atoms with Crippen LogP contribution in [0.15, 0.2) is 30.6 Å². The van der Waals surface area contributed by atoms with Crippen LogP contribution in [-0.2, 0) is 13.0 Å². The van der Waals surface area contributed by atoms with Gasteiger partial charge < -0.3 is 14.6 Å². The van der Waals surface area contributed by atoms with Gasteiger partial charge in [0.05, 0.1) is 13.2 Å².